The number of rotatable bonds is 1. The lowest BCUT2D eigenvalue weighted by molar-refractivity contribution is 1.29. The van der Waals surface area contributed by atoms with E-state index in [4.69, 9.17) is 10.5 Å². The molecule has 0 fully saturated rings. The molecule has 1 aromatic rings. The standard InChI is InChI=1S/C9H5N3/c10-6-8(7-11)5-9-3-1-2-4-12-9/h1-5H. The van der Waals surface area contributed by atoms with Crippen molar-refractivity contribution >= 4 is 6.08 Å². The van der Waals surface area contributed by atoms with Crippen LogP contribution in [0.5, 0.6) is 0 Å². The molecule has 0 radical (unpaired) electrons. The summed E-state index contributed by atoms with van der Waals surface area (Å²) >= 11 is 0. The molecule has 56 valence electrons. The van der Waals surface area contributed by atoms with E-state index < -0.39 is 0 Å². The first kappa shape index (κ1) is 7.97. The first-order valence-corrected chi connectivity index (χ1v) is 3.30. The summed E-state index contributed by atoms with van der Waals surface area (Å²) in [7, 11) is 0. The fourth-order valence-corrected chi connectivity index (χ4v) is 0.699. The van der Waals surface area contributed by atoms with Crippen LogP contribution in [0, 0.1) is 22.7 Å². The van der Waals surface area contributed by atoms with E-state index in [0.29, 0.717) is 5.69 Å². The van der Waals surface area contributed by atoms with E-state index in [1.54, 1.807) is 36.5 Å². The van der Waals surface area contributed by atoms with Crippen LogP contribution in [0.3, 0.4) is 0 Å². The van der Waals surface area contributed by atoms with Gasteiger partial charge in [0.25, 0.3) is 0 Å². The molecule has 0 saturated heterocycles. The lowest BCUT2D eigenvalue weighted by atomic mass is 10.2. The lowest BCUT2D eigenvalue weighted by Crippen LogP contribution is -1.79. The molecule has 1 heterocycles. The van der Waals surface area contributed by atoms with Crippen LogP contribution in [0.4, 0.5) is 0 Å². The second kappa shape index (κ2) is 3.90. The van der Waals surface area contributed by atoms with Gasteiger partial charge >= 0.3 is 0 Å². The zero-order valence-corrected chi connectivity index (χ0v) is 6.23. The van der Waals surface area contributed by atoms with Crippen LogP contribution >= 0.6 is 0 Å². The second-order valence-electron chi connectivity index (χ2n) is 2.04. The third-order valence-corrected chi connectivity index (χ3v) is 1.22. The van der Waals surface area contributed by atoms with Gasteiger partial charge in [0.15, 0.2) is 0 Å². The van der Waals surface area contributed by atoms with E-state index in [2.05, 4.69) is 4.98 Å². The zero-order valence-electron chi connectivity index (χ0n) is 6.23. The quantitative estimate of drug-likeness (QED) is 0.577. The van der Waals surface area contributed by atoms with Crippen molar-refractivity contribution < 1.29 is 0 Å². The Morgan fingerprint density at radius 1 is 1.33 bits per heavy atom. The SMILES string of the molecule is N#CC(C#N)=Cc1ccccn1. The average Bonchev–Trinajstić information content (AvgIpc) is 2.16. The zero-order chi connectivity index (χ0) is 8.81. The topological polar surface area (TPSA) is 60.5 Å². The number of hydrogen-bond acceptors (Lipinski definition) is 3. The Balaban J connectivity index is 2.98. The summed E-state index contributed by atoms with van der Waals surface area (Å²) in [4.78, 5) is 3.94. The van der Waals surface area contributed by atoms with Crippen LogP contribution in [0.1, 0.15) is 5.69 Å². The molecule has 1 rings (SSSR count). The summed E-state index contributed by atoms with van der Waals surface area (Å²) in [6.07, 6.45) is 3.05. The molecule has 1 aromatic heterocycles. The van der Waals surface area contributed by atoms with Gasteiger partial charge < -0.3 is 0 Å². The van der Waals surface area contributed by atoms with Gasteiger partial charge in [-0.25, -0.2) is 0 Å². The summed E-state index contributed by atoms with van der Waals surface area (Å²) in [5, 5.41) is 16.8. The second-order valence-corrected chi connectivity index (χ2v) is 2.04. The van der Waals surface area contributed by atoms with Crippen molar-refractivity contribution in [3.8, 4) is 12.1 Å². The Kier molecular flexibility index (Phi) is 2.59. The highest BCUT2D eigenvalue weighted by Gasteiger charge is 1.92. The lowest BCUT2D eigenvalue weighted by Gasteiger charge is -1.88. The predicted molar refractivity (Wildman–Crippen MR) is 43.4 cm³/mol. The molecule has 0 aromatic carbocycles. The van der Waals surface area contributed by atoms with E-state index in [1.807, 2.05) is 0 Å². The molecule has 0 N–H and O–H groups in total. The third kappa shape index (κ3) is 1.93. The Morgan fingerprint density at radius 3 is 2.58 bits per heavy atom. The normalized spacial score (nSPS) is 7.83. The van der Waals surface area contributed by atoms with Crippen molar-refractivity contribution in [3.05, 3.63) is 35.7 Å². The van der Waals surface area contributed by atoms with Gasteiger partial charge in [0.05, 0.1) is 5.69 Å². The van der Waals surface area contributed by atoms with Crippen LogP contribution in [-0.2, 0) is 0 Å². The van der Waals surface area contributed by atoms with E-state index in [1.165, 1.54) is 6.08 Å². The molecule has 0 bridgehead atoms. The number of pyridine rings is 1. The maximum Gasteiger partial charge on any atom is 0.131 e. The number of nitrogens with zero attached hydrogens (tertiary/aromatic N) is 3. The number of allylic oxidation sites excluding steroid dienone is 1. The van der Waals surface area contributed by atoms with E-state index in [9.17, 15) is 0 Å². The first-order chi connectivity index (χ1) is 5.86. The van der Waals surface area contributed by atoms with Gasteiger partial charge in [-0.1, -0.05) is 6.07 Å². The van der Waals surface area contributed by atoms with E-state index in [0.717, 1.165) is 0 Å². The van der Waals surface area contributed by atoms with Crippen LogP contribution in [0.15, 0.2) is 30.0 Å². The monoisotopic (exact) mass is 155 g/mol. The molecule has 0 spiro atoms. The summed E-state index contributed by atoms with van der Waals surface area (Å²) in [6, 6.07) is 8.82. The predicted octanol–water partition coefficient (Wildman–Crippen LogP) is 1.51. The highest BCUT2D eigenvalue weighted by molar-refractivity contribution is 5.59. The van der Waals surface area contributed by atoms with Gasteiger partial charge in [0.1, 0.15) is 17.7 Å². The molecule has 0 unspecified atom stereocenters. The van der Waals surface area contributed by atoms with Gasteiger partial charge in [-0.3, -0.25) is 4.98 Å². The van der Waals surface area contributed by atoms with Gasteiger partial charge in [0.2, 0.25) is 0 Å². The third-order valence-electron chi connectivity index (χ3n) is 1.22. The smallest absolute Gasteiger partial charge is 0.131 e. The molecular formula is C9H5N3. The molecule has 3 heteroatoms. The van der Waals surface area contributed by atoms with Crippen molar-refractivity contribution in [1.82, 2.24) is 4.98 Å². The first-order valence-electron chi connectivity index (χ1n) is 3.30. The molecule has 0 saturated carbocycles. The van der Waals surface area contributed by atoms with Gasteiger partial charge in [-0.15, -0.1) is 0 Å². The number of hydrogen-bond donors (Lipinski definition) is 0. The van der Waals surface area contributed by atoms with Crippen molar-refractivity contribution in [2.24, 2.45) is 0 Å². The van der Waals surface area contributed by atoms with E-state index >= 15 is 0 Å². The minimum atomic E-state index is 0.0636. The van der Waals surface area contributed by atoms with Gasteiger partial charge in [-0.05, 0) is 18.2 Å². The fourth-order valence-electron chi connectivity index (χ4n) is 0.699. The maximum absolute atomic E-state index is 8.42. The van der Waals surface area contributed by atoms with Gasteiger partial charge in [-0.2, -0.15) is 10.5 Å². The average molecular weight is 155 g/mol. The molecule has 0 atom stereocenters. The molecule has 0 aliphatic heterocycles. The molecular weight excluding hydrogens is 150 g/mol. The van der Waals surface area contributed by atoms with Crippen molar-refractivity contribution in [2.75, 3.05) is 0 Å². The van der Waals surface area contributed by atoms with Crippen LogP contribution in [-0.4, -0.2) is 4.98 Å². The number of nitriles is 2. The maximum atomic E-state index is 8.42. The van der Waals surface area contributed by atoms with Crippen molar-refractivity contribution in [3.63, 3.8) is 0 Å². The van der Waals surface area contributed by atoms with Crippen LogP contribution in [0.25, 0.3) is 6.08 Å². The van der Waals surface area contributed by atoms with E-state index in [-0.39, 0.29) is 5.57 Å². The summed E-state index contributed by atoms with van der Waals surface area (Å²) < 4.78 is 0. The van der Waals surface area contributed by atoms with Crippen molar-refractivity contribution in [1.29, 1.82) is 10.5 Å². The molecule has 0 amide bonds. The Bertz CT molecular complexity index is 349. The Morgan fingerprint density at radius 2 is 2.08 bits per heavy atom. The molecule has 3 nitrogen and oxygen atoms in total. The fraction of sp³-hybridized carbons (Fsp3) is 0. The largest absolute Gasteiger partial charge is 0.257 e. The van der Waals surface area contributed by atoms with Crippen LogP contribution in [0.2, 0.25) is 0 Å². The number of aromatic nitrogens is 1. The minimum absolute atomic E-state index is 0.0636. The van der Waals surface area contributed by atoms with Crippen molar-refractivity contribution in [2.45, 2.75) is 0 Å². The Labute approximate surface area is 70.2 Å². The van der Waals surface area contributed by atoms with Crippen LogP contribution < -0.4 is 0 Å². The molecule has 12 heavy (non-hydrogen) atoms. The highest BCUT2D eigenvalue weighted by Crippen LogP contribution is 2.00. The highest BCUT2D eigenvalue weighted by atomic mass is 14.6. The molecule has 0 aliphatic carbocycles. The summed E-state index contributed by atoms with van der Waals surface area (Å²) in [6.45, 7) is 0. The Hall–Kier alpha value is -2.13. The summed E-state index contributed by atoms with van der Waals surface area (Å²) in [5.41, 5.74) is 0.685. The van der Waals surface area contributed by atoms with Gasteiger partial charge in [0, 0.05) is 6.20 Å². The molecule has 0 aliphatic rings. The summed E-state index contributed by atoms with van der Waals surface area (Å²) in [5.74, 6) is 0. The minimum Gasteiger partial charge on any atom is -0.257 e.